The number of hydrogen-bond donors (Lipinski definition) is 1. The number of pyridine rings is 1. The molecule has 1 aromatic heterocycles. The number of anilines is 2. The number of amides is 2. The third kappa shape index (κ3) is 3.20. The Kier molecular flexibility index (Phi) is 4.48. The first kappa shape index (κ1) is 18.1. The van der Waals surface area contributed by atoms with Crippen molar-refractivity contribution in [2.24, 2.45) is 0 Å². The molecule has 0 radical (unpaired) electrons. The van der Waals surface area contributed by atoms with E-state index < -0.39 is 0 Å². The van der Waals surface area contributed by atoms with E-state index in [4.69, 9.17) is 0 Å². The van der Waals surface area contributed by atoms with Crippen LogP contribution in [0.4, 0.5) is 11.4 Å². The van der Waals surface area contributed by atoms with Crippen molar-refractivity contribution in [1.29, 1.82) is 0 Å². The maximum atomic E-state index is 13.0. The first-order valence-corrected chi connectivity index (χ1v) is 9.85. The molecule has 2 heterocycles. The topological polar surface area (TPSA) is 62.3 Å². The van der Waals surface area contributed by atoms with Crippen LogP contribution in [0.3, 0.4) is 0 Å². The number of nitrogens with one attached hydrogen (secondary N) is 1. The van der Waals surface area contributed by atoms with E-state index in [0.717, 1.165) is 28.4 Å². The third-order valence-electron chi connectivity index (χ3n) is 5.45. The Morgan fingerprint density at radius 3 is 2.57 bits per heavy atom. The third-order valence-corrected chi connectivity index (χ3v) is 5.45. The van der Waals surface area contributed by atoms with Crippen LogP contribution in [0.2, 0.25) is 0 Å². The number of nitrogens with zero attached hydrogens (tertiary/aromatic N) is 2. The molecular formula is C25H19N3O2. The van der Waals surface area contributed by atoms with Gasteiger partial charge in [0.05, 0.1) is 0 Å². The molecule has 3 aromatic carbocycles. The van der Waals surface area contributed by atoms with Gasteiger partial charge in [0.25, 0.3) is 11.8 Å². The summed E-state index contributed by atoms with van der Waals surface area (Å²) in [6, 6.07) is 22.7. The molecule has 1 N–H and O–H groups in total. The van der Waals surface area contributed by atoms with Crippen molar-refractivity contribution < 1.29 is 9.59 Å². The summed E-state index contributed by atoms with van der Waals surface area (Å²) in [6.45, 7) is 0.622. The molecule has 0 aliphatic carbocycles. The van der Waals surface area contributed by atoms with Gasteiger partial charge >= 0.3 is 0 Å². The van der Waals surface area contributed by atoms with Crippen molar-refractivity contribution in [3.63, 3.8) is 0 Å². The highest BCUT2D eigenvalue weighted by Crippen LogP contribution is 2.32. The molecule has 2 amide bonds. The van der Waals surface area contributed by atoms with Crippen LogP contribution in [0, 0.1) is 0 Å². The average Bonchev–Trinajstić information content (AvgIpc) is 3.22. The summed E-state index contributed by atoms with van der Waals surface area (Å²) < 4.78 is 0. The molecule has 0 saturated carbocycles. The minimum absolute atomic E-state index is 0.0614. The number of hydrogen-bond acceptors (Lipinski definition) is 3. The summed E-state index contributed by atoms with van der Waals surface area (Å²) in [6.07, 6.45) is 4.03. The number of carbonyl (C=O) groups excluding carboxylic acids is 2. The highest BCUT2D eigenvalue weighted by Gasteiger charge is 2.26. The fourth-order valence-corrected chi connectivity index (χ4v) is 3.94. The minimum atomic E-state index is -0.170. The molecule has 0 saturated heterocycles. The normalized spacial score (nSPS) is 12.6. The zero-order chi connectivity index (χ0) is 20.5. The summed E-state index contributed by atoms with van der Waals surface area (Å²) >= 11 is 0. The summed E-state index contributed by atoms with van der Waals surface area (Å²) in [5.74, 6) is -0.231. The summed E-state index contributed by atoms with van der Waals surface area (Å²) in [5, 5.41) is 4.92. The fourth-order valence-electron chi connectivity index (χ4n) is 3.94. The number of rotatable bonds is 3. The molecule has 0 unspecified atom stereocenters. The molecule has 0 atom stereocenters. The number of carbonyl (C=O) groups is 2. The lowest BCUT2D eigenvalue weighted by Crippen LogP contribution is -2.28. The quantitative estimate of drug-likeness (QED) is 0.549. The summed E-state index contributed by atoms with van der Waals surface area (Å²) in [7, 11) is 0. The van der Waals surface area contributed by atoms with E-state index in [1.165, 1.54) is 0 Å². The van der Waals surface area contributed by atoms with E-state index in [2.05, 4.69) is 10.3 Å². The maximum Gasteiger partial charge on any atom is 0.258 e. The van der Waals surface area contributed by atoms with Crippen LogP contribution >= 0.6 is 0 Å². The predicted octanol–water partition coefficient (Wildman–Crippen LogP) is 4.69. The Bertz CT molecular complexity index is 1260. The van der Waals surface area contributed by atoms with Gasteiger partial charge in [-0.25, -0.2) is 0 Å². The van der Waals surface area contributed by atoms with Crippen LogP contribution in [0.25, 0.3) is 10.8 Å². The van der Waals surface area contributed by atoms with E-state index in [-0.39, 0.29) is 11.8 Å². The second-order valence-electron chi connectivity index (χ2n) is 7.27. The molecule has 1 aliphatic rings. The van der Waals surface area contributed by atoms with Gasteiger partial charge in [0.2, 0.25) is 0 Å². The van der Waals surface area contributed by atoms with Gasteiger partial charge in [-0.3, -0.25) is 14.6 Å². The van der Waals surface area contributed by atoms with E-state index in [1.807, 2.05) is 60.7 Å². The maximum absolute atomic E-state index is 13.0. The summed E-state index contributed by atoms with van der Waals surface area (Å²) in [5.41, 5.74) is 3.83. The molecular weight excluding hydrogens is 374 g/mol. The lowest BCUT2D eigenvalue weighted by molar-refractivity contribution is 0.0988. The molecule has 0 fully saturated rings. The minimum Gasteiger partial charge on any atom is -0.322 e. The van der Waals surface area contributed by atoms with Gasteiger partial charge in [-0.1, -0.05) is 42.5 Å². The Morgan fingerprint density at radius 2 is 1.70 bits per heavy atom. The Balaban J connectivity index is 1.43. The van der Waals surface area contributed by atoms with Gasteiger partial charge in [-0.05, 0) is 53.1 Å². The largest absolute Gasteiger partial charge is 0.322 e. The Hall–Kier alpha value is -3.99. The van der Waals surface area contributed by atoms with Gasteiger partial charge in [0.15, 0.2) is 0 Å². The number of fused-ring (bicyclic) bond motifs is 2. The van der Waals surface area contributed by atoms with Crippen molar-refractivity contribution in [3.8, 4) is 0 Å². The molecule has 0 spiro atoms. The first-order valence-electron chi connectivity index (χ1n) is 9.85. The van der Waals surface area contributed by atoms with Gasteiger partial charge < -0.3 is 10.2 Å². The van der Waals surface area contributed by atoms with Crippen molar-refractivity contribution >= 4 is 34.0 Å². The van der Waals surface area contributed by atoms with Crippen LogP contribution < -0.4 is 10.2 Å². The van der Waals surface area contributed by atoms with Gasteiger partial charge in [-0.15, -0.1) is 0 Å². The molecule has 146 valence electrons. The molecule has 0 bridgehead atoms. The Labute approximate surface area is 174 Å². The number of aromatic nitrogens is 1. The smallest absolute Gasteiger partial charge is 0.258 e. The van der Waals surface area contributed by atoms with Crippen LogP contribution in [-0.4, -0.2) is 23.3 Å². The van der Waals surface area contributed by atoms with E-state index in [0.29, 0.717) is 23.4 Å². The summed E-state index contributed by atoms with van der Waals surface area (Å²) in [4.78, 5) is 31.6. The van der Waals surface area contributed by atoms with Gasteiger partial charge in [-0.2, -0.15) is 0 Å². The fraction of sp³-hybridized carbons (Fsp3) is 0.0800. The molecule has 5 heteroatoms. The van der Waals surface area contributed by atoms with Gasteiger partial charge in [0.1, 0.15) is 0 Å². The molecule has 30 heavy (non-hydrogen) atoms. The SMILES string of the molecule is O=C(Nc1ccc2c(c1)N(C(=O)c1ccncc1)CC2)c1cccc2ccccc12. The van der Waals surface area contributed by atoms with E-state index in [1.54, 1.807) is 29.4 Å². The van der Waals surface area contributed by atoms with Crippen LogP contribution in [0.15, 0.2) is 85.2 Å². The van der Waals surface area contributed by atoms with Crippen molar-refractivity contribution in [3.05, 3.63) is 102 Å². The second kappa shape index (κ2) is 7.44. The van der Waals surface area contributed by atoms with E-state index >= 15 is 0 Å². The van der Waals surface area contributed by atoms with Crippen molar-refractivity contribution in [2.45, 2.75) is 6.42 Å². The lowest BCUT2D eigenvalue weighted by Gasteiger charge is -2.18. The van der Waals surface area contributed by atoms with Crippen LogP contribution in [0.1, 0.15) is 26.3 Å². The standard InChI is InChI=1S/C25H19N3O2/c29-24(22-7-3-5-17-4-1-2-6-21(17)22)27-20-9-8-18-12-15-28(23(18)16-20)25(30)19-10-13-26-14-11-19/h1-11,13-14,16H,12,15H2,(H,27,29). The number of benzene rings is 3. The van der Waals surface area contributed by atoms with Gasteiger partial charge in [0, 0.05) is 41.4 Å². The highest BCUT2D eigenvalue weighted by molar-refractivity contribution is 6.13. The molecule has 5 nitrogen and oxygen atoms in total. The molecule has 5 rings (SSSR count). The average molecular weight is 393 g/mol. The van der Waals surface area contributed by atoms with Crippen molar-refractivity contribution in [2.75, 3.05) is 16.8 Å². The Morgan fingerprint density at radius 1 is 0.900 bits per heavy atom. The lowest BCUT2D eigenvalue weighted by atomic mass is 10.0. The van der Waals surface area contributed by atoms with Crippen LogP contribution in [0.5, 0.6) is 0 Å². The zero-order valence-corrected chi connectivity index (χ0v) is 16.2. The zero-order valence-electron chi connectivity index (χ0n) is 16.2. The highest BCUT2D eigenvalue weighted by atomic mass is 16.2. The van der Waals surface area contributed by atoms with Crippen LogP contribution in [-0.2, 0) is 6.42 Å². The second-order valence-corrected chi connectivity index (χ2v) is 7.27. The molecule has 1 aliphatic heterocycles. The molecule has 4 aromatic rings. The monoisotopic (exact) mass is 393 g/mol. The van der Waals surface area contributed by atoms with E-state index in [9.17, 15) is 9.59 Å². The van der Waals surface area contributed by atoms with Crippen molar-refractivity contribution in [1.82, 2.24) is 4.98 Å². The first-order chi connectivity index (χ1) is 14.7. The predicted molar refractivity (Wildman–Crippen MR) is 118 cm³/mol.